The molecule has 0 aliphatic rings. The van der Waals surface area contributed by atoms with E-state index < -0.39 is 11.8 Å². The number of hydrogen-bond acceptors (Lipinski definition) is 2. The van der Waals surface area contributed by atoms with Crippen LogP contribution in [0.4, 0.5) is 10.1 Å². The van der Waals surface area contributed by atoms with Crippen LogP contribution in [-0.2, 0) is 0 Å². The van der Waals surface area contributed by atoms with E-state index in [1.807, 2.05) is 18.9 Å². The van der Waals surface area contributed by atoms with Crippen molar-refractivity contribution in [1.29, 1.82) is 0 Å². The van der Waals surface area contributed by atoms with Gasteiger partial charge in [0.15, 0.2) is 0 Å². The number of carboxylic acid groups (broad SMARTS) is 1. The van der Waals surface area contributed by atoms with Crippen LogP contribution in [0.2, 0.25) is 0 Å². The normalized spacial score (nSPS) is 12.6. The lowest BCUT2D eigenvalue weighted by Gasteiger charge is -2.30. The lowest BCUT2D eigenvalue weighted by molar-refractivity contribution is 0.0692. The molecule has 17 heavy (non-hydrogen) atoms. The highest BCUT2D eigenvalue weighted by molar-refractivity contribution is 5.88. The largest absolute Gasteiger partial charge is 0.478 e. The Balaban J connectivity index is 3.01. The number of rotatable bonds is 4. The predicted molar refractivity (Wildman–Crippen MR) is 66.1 cm³/mol. The van der Waals surface area contributed by atoms with Crippen LogP contribution in [0.1, 0.15) is 31.1 Å². The van der Waals surface area contributed by atoms with Gasteiger partial charge >= 0.3 is 5.97 Å². The molecule has 1 rings (SSSR count). The molecule has 94 valence electrons. The van der Waals surface area contributed by atoms with E-state index in [1.165, 1.54) is 12.1 Å². The van der Waals surface area contributed by atoms with Crippen molar-refractivity contribution in [2.75, 3.05) is 11.9 Å². The van der Waals surface area contributed by atoms with E-state index in [0.717, 1.165) is 0 Å². The van der Waals surface area contributed by atoms with Crippen LogP contribution in [0.3, 0.4) is 0 Å². The molecule has 1 atom stereocenters. The van der Waals surface area contributed by atoms with Gasteiger partial charge in [-0.3, -0.25) is 0 Å². The molecule has 0 aromatic heterocycles. The van der Waals surface area contributed by atoms with Crippen LogP contribution in [0, 0.1) is 11.7 Å². The molecule has 0 heterocycles. The first kappa shape index (κ1) is 13.5. The second-order valence-corrected chi connectivity index (χ2v) is 4.56. The number of benzene rings is 1. The summed E-state index contributed by atoms with van der Waals surface area (Å²) in [4.78, 5) is 12.6. The first-order chi connectivity index (χ1) is 7.84. The van der Waals surface area contributed by atoms with Crippen molar-refractivity contribution in [3.8, 4) is 0 Å². The molecule has 0 radical (unpaired) electrons. The molecule has 1 unspecified atom stereocenters. The quantitative estimate of drug-likeness (QED) is 0.878. The standard InChI is InChI=1S/C13H18FNO2/c1-8(2)9(3)15(4)10-5-6-11(13(16)17)12(14)7-10/h5-9H,1-4H3,(H,16,17). The van der Waals surface area contributed by atoms with Gasteiger partial charge in [0.05, 0.1) is 5.56 Å². The van der Waals surface area contributed by atoms with Crippen molar-refractivity contribution in [3.63, 3.8) is 0 Å². The van der Waals surface area contributed by atoms with Gasteiger partial charge < -0.3 is 10.0 Å². The fourth-order valence-electron chi connectivity index (χ4n) is 1.58. The number of anilines is 1. The number of hydrogen-bond donors (Lipinski definition) is 1. The molecule has 0 amide bonds. The molecule has 1 aromatic carbocycles. The number of halogens is 1. The third-order valence-corrected chi connectivity index (χ3v) is 3.17. The maximum Gasteiger partial charge on any atom is 0.338 e. The average molecular weight is 239 g/mol. The third-order valence-electron chi connectivity index (χ3n) is 3.17. The highest BCUT2D eigenvalue weighted by atomic mass is 19.1. The minimum atomic E-state index is -1.24. The van der Waals surface area contributed by atoms with Crippen LogP contribution in [-0.4, -0.2) is 24.2 Å². The van der Waals surface area contributed by atoms with E-state index in [9.17, 15) is 9.18 Å². The zero-order chi connectivity index (χ0) is 13.2. The first-order valence-corrected chi connectivity index (χ1v) is 5.60. The lowest BCUT2D eigenvalue weighted by Crippen LogP contribution is -2.33. The Morgan fingerprint density at radius 2 is 1.94 bits per heavy atom. The van der Waals surface area contributed by atoms with Gasteiger partial charge in [0.2, 0.25) is 0 Å². The van der Waals surface area contributed by atoms with Crippen LogP contribution in [0.25, 0.3) is 0 Å². The Bertz CT molecular complexity index is 418. The van der Waals surface area contributed by atoms with Crippen molar-refractivity contribution in [1.82, 2.24) is 0 Å². The lowest BCUT2D eigenvalue weighted by atomic mass is 10.0. The van der Waals surface area contributed by atoms with Gasteiger partial charge in [0.25, 0.3) is 0 Å². The summed E-state index contributed by atoms with van der Waals surface area (Å²) in [5, 5.41) is 8.74. The molecule has 0 aliphatic carbocycles. The van der Waals surface area contributed by atoms with E-state index >= 15 is 0 Å². The predicted octanol–water partition coefficient (Wildman–Crippen LogP) is 3.00. The molecule has 0 saturated carbocycles. The molecular weight excluding hydrogens is 221 g/mol. The summed E-state index contributed by atoms with van der Waals surface area (Å²) in [5.41, 5.74) is 0.396. The number of aromatic carboxylic acids is 1. The highest BCUT2D eigenvalue weighted by Crippen LogP contribution is 2.21. The van der Waals surface area contributed by atoms with Gasteiger partial charge in [-0.05, 0) is 31.0 Å². The highest BCUT2D eigenvalue weighted by Gasteiger charge is 2.16. The summed E-state index contributed by atoms with van der Waals surface area (Å²) in [5.74, 6) is -1.51. The van der Waals surface area contributed by atoms with Crippen molar-refractivity contribution in [3.05, 3.63) is 29.6 Å². The van der Waals surface area contributed by atoms with Crippen molar-refractivity contribution in [2.24, 2.45) is 5.92 Å². The van der Waals surface area contributed by atoms with Crippen LogP contribution >= 0.6 is 0 Å². The van der Waals surface area contributed by atoms with E-state index in [4.69, 9.17) is 5.11 Å². The van der Waals surface area contributed by atoms with Crippen molar-refractivity contribution in [2.45, 2.75) is 26.8 Å². The van der Waals surface area contributed by atoms with E-state index in [0.29, 0.717) is 11.6 Å². The topological polar surface area (TPSA) is 40.5 Å². The molecule has 0 saturated heterocycles. The maximum absolute atomic E-state index is 13.5. The molecule has 0 aliphatic heterocycles. The van der Waals surface area contributed by atoms with E-state index in [-0.39, 0.29) is 11.6 Å². The van der Waals surface area contributed by atoms with Gasteiger partial charge in [0.1, 0.15) is 5.82 Å². The molecule has 0 bridgehead atoms. The minimum Gasteiger partial charge on any atom is -0.478 e. The van der Waals surface area contributed by atoms with Gasteiger partial charge in [-0.1, -0.05) is 13.8 Å². The summed E-state index contributed by atoms with van der Waals surface area (Å²) in [7, 11) is 1.87. The molecule has 1 N–H and O–H groups in total. The van der Waals surface area contributed by atoms with E-state index in [2.05, 4.69) is 13.8 Å². The van der Waals surface area contributed by atoms with Crippen LogP contribution in [0.15, 0.2) is 18.2 Å². The molecule has 0 spiro atoms. The summed E-state index contributed by atoms with van der Waals surface area (Å²) in [6.45, 7) is 6.22. The zero-order valence-electron chi connectivity index (χ0n) is 10.6. The number of carbonyl (C=O) groups is 1. The SMILES string of the molecule is CC(C)C(C)N(C)c1ccc(C(=O)O)c(F)c1. The fraction of sp³-hybridized carbons (Fsp3) is 0.462. The minimum absolute atomic E-state index is 0.255. The van der Waals surface area contributed by atoms with Crippen LogP contribution in [0.5, 0.6) is 0 Å². The fourth-order valence-corrected chi connectivity index (χ4v) is 1.58. The molecule has 0 fully saturated rings. The Morgan fingerprint density at radius 3 is 2.35 bits per heavy atom. The first-order valence-electron chi connectivity index (χ1n) is 5.60. The van der Waals surface area contributed by atoms with E-state index in [1.54, 1.807) is 6.07 Å². The summed E-state index contributed by atoms with van der Waals surface area (Å²) >= 11 is 0. The summed E-state index contributed by atoms with van der Waals surface area (Å²) in [6.07, 6.45) is 0. The average Bonchev–Trinajstić information content (AvgIpc) is 2.26. The summed E-state index contributed by atoms with van der Waals surface area (Å²) in [6, 6.07) is 4.45. The smallest absolute Gasteiger partial charge is 0.338 e. The second kappa shape index (κ2) is 5.17. The Labute approximate surface area is 101 Å². The van der Waals surface area contributed by atoms with Crippen molar-refractivity contribution < 1.29 is 14.3 Å². The molecule has 3 nitrogen and oxygen atoms in total. The zero-order valence-corrected chi connectivity index (χ0v) is 10.6. The Kier molecular flexibility index (Phi) is 4.10. The van der Waals surface area contributed by atoms with Gasteiger partial charge in [-0.15, -0.1) is 0 Å². The second-order valence-electron chi connectivity index (χ2n) is 4.56. The number of nitrogens with zero attached hydrogens (tertiary/aromatic N) is 1. The van der Waals surface area contributed by atoms with Gasteiger partial charge in [-0.25, -0.2) is 9.18 Å². The van der Waals surface area contributed by atoms with Crippen LogP contribution < -0.4 is 4.90 Å². The third kappa shape index (κ3) is 2.96. The molecule has 1 aromatic rings. The maximum atomic E-state index is 13.5. The number of carboxylic acids is 1. The Hall–Kier alpha value is -1.58. The monoisotopic (exact) mass is 239 g/mol. The molecular formula is C13H18FNO2. The Morgan fingerprint density at radius 1 is 1.35 bits per heavy atom. The van der Waals surface area contributed by atoms with Crippen molar-refractivity contribution >= 4 is 11.7 Å². The van der Waals surface area contributed by atoms with Gasteiger partial charge in [0, 0.05) is 18.8 Å². The molecule has 4 heteroatoms. The van der Waals surface area contributed by atoms with Gasteiger partial charge in [-0.2, -0.15) is 0 Å². The summed E-state index contributed by atoms with van der Waals surface area (Å²) < 4.78 is 13.5.